The van der Waals surface area contributed by atoms with Crippen LogP contribution in [0.1, 0.15) is 43.4 Å². The van der Waals surface area contributed by atoms with Crippen molar-refractivity contribution in [3.8, 4) is 6.07 Å². The molecular weight excluding hydrogens is 256 g/mol. The van der Waals surface area contributed by atoms with Crippen molar-refractivity contribution in [3.05, 3.63) is 28.0 Å². The number of hydrogen-bond acceptors (Lipinski definition) is 3. The van der Waals surface area contributed by atoms with Crippen LogP contribution in [0.3, 0.4) is 0 Å². The predicted octanol–water partition coefficient (Wildman–Crippen LogP) is 3.49. The van der Waals surface area contributed by atoms with E-state index in [0.29, 0.717) is 0 Å². The lowest BCUT2D eigenvalue weighted by Crippen LogP contribution is -2.35. The Hall–Kier alpha value is -1.60. The van der Waals surface area contributed by atoms with Gasteiger partial charge in [-0.25, -0.2) is 0 Å². The van der Waals surface area contributed by atoms with Crippen LogP contribution < -0.4 is 5.32 Å². The van der Waals surface area contributed by atoms with E-state index in [9.17, 15) is 4.79 Å². The Bertz CT molecular complexity index is 477. The first-order valence-corrected chi connectivity index (χ1v) is 7.64. The van der Waals surface area contributed by atoms with Crippen molar-refractivity contribution in [2.45, 2.75) is 44.6 Å². The molecule has 1 aliphatic carbocycles. The highest BCUT2D eigenvalue weighted by Crippen LogP contribution is 2.18. The smallest absolute Gasteiger partial charge is 0.262 e. The van der Waals surface area contributed by atoms with Crippen LogP contribution in [0.5, 0.6) is 0 Å². The summed E-state index contributed by atoms with van der Waals surface area (Å²) in [6, 6.07) is 6.05. The van der Waals surface area contributed by atoms with E-state index in [1.807, 2.05) is 23.6 Å². The van der Waals surface area contributed by atoms with Gasteiger partial charge < -0.3 is 5.32 Å². The highest BCUT2D eigenvalue weighted by atomic mass is 32.1. The molecule has 1 heterocycles. The van der Waals surface area contributed by atoms with Crippen LogP contribution in [0, 0.1) is 11.3 Å². The van der Waals surface area contributed by atoms with E-state index in [-0.39, 0.29) is 17.5 Å². The van der Waals surface area contributed by atoms with Crippen molar-refractivity contribution in [1.82, 2.24) is 5.32 Å². The Morgan fingerprint density at radius 3 is 2.68 bits per heavy atom. The van der Waals surface area contributed by atoms with Crippen LogP contribution >= 0.6 is 11.3 Å². The number of hydrogen-bond donors (Lipinski definition) is 1. The fourth-order valence-electron chi connectivity index (χ4n) is 2.35. The minimum Gasteiger partial charge on any atom is -0.349 e. The van der Waals surface area contributed by atoms with E-state index >= 15 is 0 Å². The maximum atomic E-state index is 12.1. The molecule has 1 fully saturated rings. The highest BCUT2D eigenvalue weighted by Gasteiger charge is 2.17. The lowest BCUT2D eigenvalue weighted by molar-refractivity contribution is -0.117. The van der Waals surface area contributed by atoms with Crippen LogP contribution in [0.15, 0.2) is 23.1 Å². The lowest BCUT2D eigenvalue weighted by atomic mass is 10.1. The van der Waals surface area contributed by atoms with Gasteiger partial charge >= 0.3 is 0 Å². The third-order valence-electron chi connectivity index (χ3n) is 3.39. The van der Waals surface area contributed by atoms with E-state index in [1.165, 1.54) is 37.0 Å². The summed E-state index contributed by atoms with van der Waals surface area (Å²) in [4.78, 5) is 13.0. The molecule has 0 atom stereocenters. The maximum absolute atomic E-state index is 12.1. The van der Waals surface area contributed by atoms with Crippen molar-refractivity contribution in [2.24, 2.45) is 0 Å². The summed E-state index contributed by atoms with van der Waals surface area (Å²) in [6.07, 6.45) is 8.57. The zero-order valence-electron chi connectivity index (χ0n) is 10.9. The van der Waals surface area contributed by atoms with Gasteiger partial charge in [-0.15, -0.1) is 11.3 Å². The Morgan fingerprint density at radius 2 is 2.11 bits per heavy atom. The average molecular weight is 274 g/mol. The summed E-state index contributed by atoms with van der Waals surface area (Å²) in [5, 5.41) is 14.0. The van der Waals surface area contributed by atoms with Crippen LogP contribution in [0.25, 0.3) is 6.08 Å². The molecule has 0 unspecified atom stereocenters. The first-order valence-electron chi connectivity index (χ1n) is 6.76. The van der Waals surface area contributed by atoms with Crippen molar-refractivity contribution < 1.29 is 4.79 Å². The monoisotopic (exact) mass is 274 g/mol. The summed E-state index contributed by atoms with van der Waals surface area (Å²) in [5.74, 6) is -0.234. The zero-order valence-corrected chi connectivity index (χ0v) is 11.7. The molecule has 0 bridgehead atoms. The number of rotatable bonds is 3. The molecule has 3 nitrogen and oxygen atoms in total. The van der Waals surface area contributed by atoms with Gasteiger partial charge in [-0.1, -0.05) is 31.7 Å². The minimum atomic E-state index is -0.234. The molecule has 100 valence electrons. The van der Waals surface area contributed by atoms with Crippen molar-refractivity contribution in [1.29, 1.82) is 5.26 Å². The molecule has 1 aliphatic rings. The second-order valence-corrected chi connectivity index (χ2v) is 5.83. The summed E-state index contributed by atoms with van der Waals surface area (Å²) < 4.78 is 0. The second-order valence-electron chi connectivity index (χ2n) is 4.85. The quantitative estimate of drug-likeness (QED) is 0.521. The number of carbonyl (C=O) groups is 1. The van der Waals surface area contributed by atoms with Crippen LogP contribution in [-0.4, -0.2) is 11.9 Å². The predicted molar refractivity (Wildman–Crippen MR) is 77.5 cm³/mol. The van der Waals surface area contributed by atoms with E-state index in [2.05, 4.69) is 5.32 Å². The standard InChI is InChI=1S/C15H18N2OS/c16-11-12(10-14-8-5-9-19-14)15(18)17-13-6-3-1-2-4-7-13/h5,8-10,13H,1-4,6-7H2,(H,17,18)/b12-10-. The molecule has 2 rings (SSSR count). The van der Waals surface area contributed by atoms with E-state index in [0.717, 1.165) is 17.7 Å². The Labute approximate surface area is 117 Å². The van der Waals surface area contributed by atoms with Gasteiger partial charge in [0.1, 0.15) is 11.6 Å². The van der Waals surface area contributed by atoms with Gasteiger partial charge in [0.05, 0.1) is 0 Å². The minimum absolute atomic E-state index is 0.201. The number of nitrogens with one attached hydrogen (secondary N) is 1. The second kappa shape index (κ2) is 7.10. The van der Waals surface area contributed by atoms with Crippen LogP contribution in [-0.2, 0) is 4.79 Å². The molecule has 0 saturated heterocycles. The molecule has 0 aromatic carbocycles. The number of nitriles is 1. The van der Waals surface area contributed by atoms with Gasteiger partial charge in [-0.2, -0.15) is 5.26 Å². The summed E-state index contributed by atoms with van der Waals surface area (Å²) in [7, 11) is 0. The number of thiophene rings is 1. The average Bonchev–Trinajstić information content (AvgIpc) is 2.79. The molecule has 4 heteroatoms. The van der Waals surface area contributed by atoms with Crippen molar-refractivity contribution in [3.63, 3.8) is 0 Å². The third-order valence-corrected chi connectivity index (χ3v) is 4.20. The SMILES string of the molecule is N#C/C(=C/c1cccs1)C(=O)NC1CCCCCC1. The van der Waals surface area contributed by atoms with E-state index in [1.54, 1.807) is 6.08 Å². The fraction of sp³-hybridized carbons (Fsp3) is 0.467. The number of carbonyl (C=O) groups excluding carboxylic acids is 1. The number of amides is 1. The van der Waals surface area contributed by atoms with Crippen molar-refractivity contribution >= 4 is 23.3 Å². The molecule has 1 aromatic heterocycles. The van der Waals surface area contributed by atoms with Crippen molar-refractivity contribution in [2.75, 3.05) is 0 Å². The summed E-state index contributed by atoms with van der Waals surface area (Å²) in [5.41, 5.74) is 0.201. The van der Waals surface area contributed by atoms with Gasteiger partial charge in [0.15, 0.2) is 0 Å². The van der Waals surface area contributed by atoms with Gasteiger partial charge in [0, 0.05) is 10.9 Å². The Kier molecular flexibility index (Phi) is 5.17. The largest absolute Gasteiger partial charge is 0.349 e. The van der Waals surface area contributed by atoms with Gasteiger partial charge in [0.2, 0.25) is 0 Å². The normalized spacial score (nSPS) is 17.5. The Balaban J connectivity index is 1.99. The fourth-order valence-corrected chi connectivity index (χ4v) is 3.01. The molecule has 0 spiro atoms. The summed E-state index contributed by atoms with van der Waals surface area (Å²) in [6.45, 7) is 0. The molecule has 0 aliphatic heterocycles. The van der Waals surface area contributed by atoms with Crippen LogP contribution in [0.2, 0.25) is 0 Å². The van der Waals surface area contributed by atoms with Crippen LogP contribution in [0.4, 0.5) is 0 Å². The van der Waals surface area contributed by atoms with Gasteiger partial charge in [-0.3, -0.25) is 4.79 Å². The molecule has 1 N–H and O–H groups in total. The maximum Gasteiger partial charge on any atom is 0.262 e. The Morgan fingerprint density at radius 1 is 1.37 bits per heavy atom. The zero-order chi connectivity index (χ0) is 13.5. The molecular formula is C15H18N2OS. The molecule has 1 saturated carbocycles. The molecule has 19 heavy (non-hydrogen) atoms. The van der Waals surface area contributed by atoms with E-state index < -0.39 is 0 Å². The number of nitrogens with zero attached hydrogens (tertiary/aromatic N) is 1. The van der Waals surface area contributed by atoms with E-state index in [4.69, 9.17) is 5.26 Å². The molecule has 1 aromatic rings. The molecule has 1 amide bonds. The first kappa shape index (κ1) is 13.8. The lowest BCUT2D eigenvalue weighted by Gasteiger charge is -2.15. The highest BCUT2D eigenvalue weighted by molar-refractivity contribution is 7.10. The molecule has 0 radical (unpaired) electrons. The summed E-state index contributed by atoms with van der Waals surface area (Å²) >= 11 is 1.53. The van der Waals surface area contributed by atoms with Gasteiger partial charge in [0.25, 0.3) is 5.91 Å². The third kappa shape index (κ3) is 4.22. The topological polar surface area (TPSA) is 52.9 Å². The first-order chi connectivity index (χ1) is 9.29. The van der Waals surface area contributed by atoms with Gasteiger partial charge in [-0.05, 0) is 30.4 Å².